The SMILES string of the molecule is CC(C)S(=O)(=O)C1Cc2c(ccc(C(=O)C3=C(Cl)CCCC3=O)c2Cl)S1(=O)=O. The first-order chi connectivity index (χ1) is 12.9. The van der Waals surface area contributed by atoms with Crippen molar-refractivity contribution in [3.63, 3.8) is 0 Å². The van der Waals surface area contributed by atoms with Gasteiger partial charge in [0.2, 0.25) is 0 Å². The molecule has 0 radical (unpaired) electrons. The van der Waals surface area contributed by atoms with Gasteiger partial charge >= 0.3 is 0 Å². The third kappa shape index (κ3) is 3.24. The maximum atomic E-state index is 12.9. The number of allylic oxidation sites excluding steroid dienone is 2. The van der Waals surface area contributed by atoms with Crippen LogP contribution in [0.15, 0.2) is 27.6 Å². The van der Waals surface area contributed by atoms with Crippen molar-refractivity contribution in [3.8, 4) is 0 Å². The molecule has 152 valence electrons. The fourth-order valence-electron chi connectivity index (χ4n) is 3.44. The second-order valence-corrected chi connectivity index (χ2v) is 13.0. The number of carbonyl (C=O) groups is 2. The monoisotopic (exact) mass is 464 g/mol. The molecule has 1 atom stereocenters. The summed E-state index contributed by atoms with van der Waals surface area (Å²) in [5.41, 5.74) is -0.106. The number of carbonyl (C=O) groups excluding carboxylic acids is 2. The van der Waals surface area contributed by atoms with Gasteiger partial charge in [-0.3, -0.25) is 9.59 Å². The summed E-state index contributed by atoms with van der Waals surface area (Å²) in [6.45, 7) is 2.82. The van der Waals surface area contributed by atoms with Gasteiger partial charge in [-0.1, -0.05) is 23.2 Å². The lowest BCUT2D eigenvalue weighted by molar-refractivity contribution is -0.115. The minimum atomic E-state index is -4.15. The number of sulfone groups is 2. The number of hydrogen-bond donors (Lipinski definition) is 0. The molecule has 1 aromatic carbocycles. The van der Waals surface area contributed by atoms with E-state index < -0.39 is 35.3 Å². The first kappa shape index (κ1) is 21.5. The van der Waals surface area contributed by atoms with E-state index in [-0.39, 0.29) is 50.3 Å². The standard InChI is InChI=1S/C18H18Cl2O6S2/c1-9(2)27(23,24)15-8-11-14(28(15,25)26)7-6-10(17(11)20)18(22)16-12(19)4-3-5-13(16)21/h6-7,9,15H,3-5,8H2,1-2H3. The number of halogens is 2. The van der Waals surface area contributed by atoms with Gasteiger partial charge in [-0.2, -0.15) is 0 Å². The third-order valence-corrected chi connectivity index (χ3v) is 11.5. The second kappa shape index (κ2) is 7.23. The van der Waals surface area contributed by atoms with Gasteiger partial charge in [0.25, 0.3) is 0 Å². The van der Waals surface area contributed by atoms with Crippen LogP contribution in [-0.2, 0) is 30.9 Å². The molecule has 0 saturated heterocycles. The van der Waals surface area contributed by atoms with Crippen LogP contribution in [-0.4, -0.2) is 38.2 Å². The van der Waals surface area contributed by atoms with Gasteiger partial charge in [0, 0.05) is 23.4 Å². The highest BCUT2D eigenvalue weighted by Gasteiger charge is 2.48. The summed E-state index contributed by atoms with van der Waals surface area (Å²) in [5, 5.41) is -0.876. The number of fused-ring (bicyclic) bond motifs is 1. The second-order valence-electron chi connectivity index (χ2n) is 7.11. The van der Waals surface area contributed by atoms with Gasteiger partial charge in [0.15, 0.2) is 35.8 Å². The molecule has 28 heavy (non-hydrogen) atoms. The molecule has 1 aliphatic carbocycles. The lowest BCUT2D eigenvalue weighted by atomic mass is 9.91. The molecule has 0 bridgehead atoms. The van der Waals surface area contributed by atoms with Gasteiger partial charge in [-0.15, -0.1) is 0 Å². The van der Waals surface area contributed by atoms with E-state index >= 15 is 0 Å². The zero-order valence-corrected chi connectivity index (χ0v) is 18.3. The van der Waals surface area contributed by atoms with E-state index in [0.29, 0.717) is 12.8 Å². The number of Topliss-reactive ketones (excluding diaryl/α,β-unsaturated/α-hetero) is 2. The van der Waals surface area contributed by atoms with E-state index in [1.54, 1.807) is 0 Å². The van der Waals surface area contributed by atoms with Crippen LogP contribution in [0.2, 0.25) is 5.02 Å². The molecule has 6 nitrogen and oxygen atoms in total. The van der Waals surface area contributed by atoms with Crippen molar-refractivity contribution in [1.82, 2.24) is 0 Å². The molecule has 1 unspecified atom stereocenters. The van der Waals surface area contributed by atoms with Crippen LogP contribution >= 0.6 is 23.2 Å². The van der Waals surface area contributed by atoms with E-state index in [0.717, 1.165) is 0 Å². The number of rotatable bonds is 4. The smallest absolute Gasteiger partial charge is 0.199 e. The Hall–Kier alpha value is -1.22. The van der Waals surface area contributed by atoms with E-state index in [1.807, 2.05) is 0 Å². The van der Waals surface area contributed by atoms with Gasteiger partial charge in [0.1, 0.15) is 0 Å². The quantitative estimate of drug-likeness (QED) is 0.500. The minimum absolute atomic E-state index is 0.0541. The maximum Gasteiger partial charge on any atom is 0.199 e. The first-order valence-corrected chi connectivity index (χ1v) is 12.6. The largest absolute Gasteiger partial charge is 0.294 e. The normalized spacial score (nSPS) is 21.9. The summed E-state index contributed by atoms with van der Waals surface area (Å²) in [6, 6.07) is 2.39. The average Bonchev–Trinajstić information content (AvgIpc) is 2.87. The maximum absolute atomic E-state index is 12.9. The zero-order valence-electron chi connectivity index (χ0n) is 15.2. The Labute approximate surface area is 173 Å². The Morgan fingerprint density at radius 2 is 1.82 bits per heavy atom. The molecule has 0 saturated carbocycles. The number of ketones is 2. The molecular formula is C18H18Cl2O6S2. The van der Waals surface area contributed by atoms with Gasteiger partial charge in [-0.05, 0) is 44.4 Å². The summed E-state index contributed by atoms with van der Waals surface area (Å²) < 4.78 is 48.9. The van der Waals surface area contributed by atoms with E-state index in [2.05, 4.69) is 0 Å². The van der Waals surface area contributed by atoms with Crippen molar-refractivity contribution >= 4 is 54.4 Å². The molecule has 3 rings (SSSR count). The fourth-order valence-corrected chi connectivity index (χ4v) is 9.00. The first-order valence-electron chi connectivity index (χ1n) is 8.65. The Morgan fingerprint density at radius 1 is 1.18 bits per heavy atom. The predicted octanol–water partition coefficient (Wildman–Crippen LogP) is 3.25. The fraction of sp³-hybridized carbons (Fsp3) is 0.444. The van der Waals surface area contributed by atoms with Crippen LogP contribution in [0.1, 0.15) is 49.0 Å². The van der Waals surface area contributed by atoms with Crippen molar-refractivity contribution in [1.29, 1.82) is 0 Å². The van der Waals surface area contributed by atoms with Crippen LogP contribution < -0.4 is 0 Å². The Morgan fingerprint density at radius 3 is 2.39 bits per heavy atom. The molecule has 1 aliphatic heterocycles. The van der Waals surface area contributed by atoms with Crippen LogP contribution in [0.25, 0.3) is 0 Å². The molecule has 2 aliphatic rings. The Balaban J connectivity index is 2.12. The highest BCUT2D eigenvalue weighted by molar-refractivity contribution is 8.09. The van der Waals surface area contributed by atoms with Crippen LogP contribution in [0, 0.1) is 0 Å². The van der Waals surface area contributed by atoms with Crippen molar-refractivity contribution in [2.45, 2.75) is 54.3 Å². The van der Waals surface area contributed by atoms with E-state index in [9.17, 15) is 26.4 Å². The van der Waals surface area contributed by atoms with Crippen molar-refractivity contribution in [2.24, 2.45) is 0 Å². The summed E-state index contributed by atoms with van der Waals surface area (Å²) in [6.07, 6.45) is 0.821. The van der Waals surface area contributed by atoms with Crippen LogP contribution in [0.3, 0.4) is 0 Å². The molecule has 0 aromatic heterocycles. The van der Waals surface area contributed by atoms with Crippen molar-refractivity contribution in [3.05, 3.63) is 38.9 Å². The van der Waals surface area contributed by atoms with Gasteiger partial charge in [-0.25, -0.2) is 16.8 Å². The summed E-state index contributed by atoms with van der Waals surface area (Å²) >= 11 is 12.4. The Bertz CT molecular complexity index is 1130. The number of benzene rings is 1. The molecule has 0 spiro atoms. The molecule has 1 aromatic rings. The van der Waals surface area contributed by atoms with Crippen LogP contribution in [0.5, 0.6) is 0 Å². The zero-order chi connectivity index (χ0) is 21.0. The van der Waals surface area contributed by atoms with Gasteiger partial charge < -0.3 is 0 Å². The summed E-state index contributed by atoms with van der Waals surface area (Å²) in [5.74, 6) is -1.05. The topological polar surface area (TPSA) is 102 Å². The van der Waals surface area contributed by atoms with E-state index in [1.165, 1.54) is 26.0 Å². The average molecular weight is 465 g/mol. The van der Waals surface area contributed by atoms with E-state index in [4.69, 9.17) is 23.2 Å². The Kier molecular flexibility index (Phi) is 5.55. The number of hydrogen-bond acceptors (Lipinski definition) is 6. The summed E-state index contributed by atoms with van der Waals surface area (Å²) in [4.78, 5) is 24.8. The van der Waals surface area contributed by atoms with Crippen LogP contribution in [0.4, 0.5) is 0 Å². The molecule has 1 heterocycles. The van der Waals surface area contributed by atoms with Gasteiger partial charge in [0.05, 0.1) is 20.7 Å². The molecule has 0 N–H and O–H groups in total. The minimum Gasteiger partial charge on any atom is -0.294 e. The lowest BCUT2D eigenvalue weighted by Crippen LogP contribution is -2.33. The predicted molar refractivity (Wildman–Crippen MR) is 106 cm³/mol. The van der Waals surface area contributed by atoms with Crippen molar-refractivity contribution < 1.29 is 26.4 Å². The molecular weight excluding hydrogens is 447 g/mol. The third-order valence-electron chi connectivity index (χ3n) is 5.07. The molecule has 0 fully saturated rings. The van der Waals surface area contributed by atoms with Crippen molar-refractivity contribution in [2.75, 3.05) is 0 Å². The lowest BCUT2D eigenvalue weighted by Gasteiger charge is -2.15. The highest BCUT2D eigenvalue weighted by atomic mass is 35.5. The highest BCUT2D eigenvalue weighted by Crippen LogP contribution is 2.41. The molecule has 0 amide bonds. The molecule has 10 heteroatoms. The summed E-state index contributed by atoms with van der Waals surface area (Å²) in [7, 11) is -8.11.